The van der Waals surface area contributed by atoms with Crippen LogP contribution in [0, 0.1) is 0 Å². The molecule has 1 fully saturated rings. The lowest BCUT2D eigenvalue weighted by atomic mass is 9.84. The maximum atomic E-state index is 12.8. The summed E-state index contributed by atoms with van der Waals surface area (Å²) in [4.78, 5) is 18.3. The van der Waals surface area contributed by atoms with Crippen molar-refractivity contribution in [2.45, 2.75) is 31.3 Å². The Bertz CT molecular complexity index is 1050. The fourth-order valence-electron chi connectivity index (χ4n) is 4.94. The Kier molecular flexibility index (Phi) is 5.27. The number of likely N-dealkylation sites (tertiary alicyclic amines) is 1. The van der Waals surface area contributed by atoms with Crippen molar-refractivity contribution in [3.63, 3.8) is 0 Å². The van der Waals surface area contributed by atoms with Crippen molar-refractivity contribution in [1.29, 1.82) is 0 Å². The van der Waals surface area contributed by atoms with E-state index in [-0.39, 0.29) is 11.4 Å². The lowest BCUT2D eigenvalue weighted by Crippen LogP contribution is -2.56. The van der Waals surface area contributed by atoms with E-state index in [0.717, 1.165) is 66.9 Å². The fourth-order valence-corrected chi connectivity index (χ4v) is 5.64. The van der Waals surface area contributed by atoms with Gasteiger partial charge in [0.1, 0.15) is 11.6 Å². The molecular formula is C23H27N5O2S. The Hall–Kier alpha value is -2.71. The average Bonchev–Trinajstić information content (AvgIpc) is 3.44. The molecule has 3 aromatic rings. The molecule has 0 saturated carbocycles. The van der Waals surface area contributed by atoms with Crippen LogP contribution in [0.25, 0.3) is 11.4 Å². The molecule has 0 atom stereocenters. The van der Waals surface area contributed by atoms with Crippen molar-refractivity contribution < 1.29 is 9.53 Å². The minimum absolute atomic E-state index is 0.0964. The molecule has 162 valence electrons. The summed E-state index contributed by atoms with van der Waals surface area (Å²) in [5.74, 6) is 2.96. The van der Waals surface area contributed by atoms with E-state index in [1.165, 1.54) is 0 Å². The number of carbonyl (C=O) groups is 1. The Labute approximate surface area is 186 Å². The largest absolute Gasteiger partial charge is 0.497 e. The highest BCUT2D eigenvalue weighted by Crippen LogP contribution is 2.39. The number of carbonyl (C=O) groups excluding carboxylic acids is 1. The third-order valence-corrected chi connectivity index (χ3v) is 7.36. The number of aromatic nitrogens is 3. The molecule has 8 heteroatoms. The van der Waals surface area contributed by atoms with Crippen molar-refractivity contribution >= 4 is 17.2 Å². The van der Waals surface area contributed by atoms with Gasteiger partial charge in [0.05, 0.1) is 25.6 Å². The highest BCUT2D eigenvalue weighted by atomic mass is 32.1. The van der Waals surface area contributed by atoms with E-state index in [9.17, 15) is 4.79 Å². The number of nitrogens with zero attached hydrogens (tertiary/aromatic N) is 5. The number of thiophene rings is 1. The summed E-state index contributed by atoms with van der Waals surface area (Å²) in [7, 11) is 3.81. The van der Waals surface area contributed by atoms with E-state index in [2.05, 4.69) is 26.7 Å². The minimum atomic E-state index is -0.0964. The van der Waals surface area contributed by atoms with Gasteiger partial charge in [-0.15, -0.1) is 21.5 Å². The number of ether oxygens (including phenoxy) is 1. The first-order valence-corrected chi connectivity index (χ1v) is 11.5. The molecule has 1 saturated heterocycles. The molecule has 5 rings (SSSR count). The van der Waals surface area contributed by atoms with Crippen molar-refractivity contribution in [3.8, 4) is 17.1 Å². The van der Waals surface area contributed by atoms with Gasteiger partial charge in [0.15, 0.2) is 5.82 Å². The van der Waals surface area contributed by atoms with Gasteiger partial charge >= 0.3 is 0 Å². The summed E-state index contributed by atoms with van der Waals surface area (Å²) in [5, 5.41) is 11.1. The monoisotopic (exact) mass is 437 g/mol. The Morgan fingerprint density at radius 2 is 1.94 bits per heavy atom. The SMILES string of the molecule is COc1ccc(-c2nnc3n2C2(CCN(C(=O)Cc4cccs4)CC2)CN(C)C3)cc1. The van der Waals surface area contributed by atoms with E-state index in [1.807, 2.05) is 46.7 Å². The van der Waals surface area contributed by atoms with Crippen LogP contribution in [0.3, 0.4) is 0 Å². The topological polar surface area (TPSA) is 63.5 Å². The fraction of sp³-hybridized carbons (Fsp3) is 0.435. The molecule has 0 radical (unpaired) electrons. The summed E-state index contributed by atoms with van der Waals surface area (Å²) < 4.78 is 7.67. The summed E-state index contributed by atoms with van der Waals surface area (Å²) in [6.45, 7) is 3.25. The van der Waals surface area contributed by atoms with Gasteiger partial charge in [-0.25, -0.2) is 0 Å². The third-order valence-electron chi connectivity index (χ3n) is 6.48. The first-order chi connectivity index (χ1) is 15.1. The lowest BCUT2D eigenvalue weighted by Gasteiger charge is -2.48. The lowest BCUT2D eigenvalue weighted by molar-refractivity contribution is -0.132. The van der Waals surface area contributed by atoms with Crippen LogP contribution >= 0.6 is 11.3 Å². The Balaban J connectivity index is 1.41. The van der Waals surface area contributed by atoms with Crippen LogP contribution in [0.4, 0.5) is 0 Å². The molecule has 0 N–H and O–H groups in total. The van der Waals surface area contributed by atoms with E-state index in [4.69, 9.17) is 4.74 Å². The van der Waals surface area contributed by atoms with Crippen LogP contribution in [0.1, 0.15) is 23.5 Å². The van der Waals surface area contributed by atoms with Gasteiger partial charge in [0, 0.05) is 30.1 Å². The van der Waals surface area contributed by atoms with E-state index in [1.54, 1.807) is 18.4 Å². The average molecular weight is 438 g/mol. The number of hydrogen-bond acceptors (Lipinski definition) is 6. The number of methoxy groups -OCH3 is 1. The Morgan fingerprint density at radius 3 is 2.61 bits per heavy atom. The second-order valence-electron chi connectivity index (χ2n) is 8.54. The maximum absolute atomic E-state index is 12.8. The van der Waals surface area contributed by atoms with Crippen molar-refractivity contribution in [2.75, 3.05) is 33.8 Å². The summed E-state index contributed by atoms with van der Waals surface area (Å²) >= 11 is 1.65. The normalized spacial score (nSPS) is 18.2. The van der Waals surface area contributed by atoms with Gasteiger partial charge in [0.25, 0.3) is 0 Å². The molecule has 2 aliphatic heterocycles. The molecule has 1 amide bonds. The summed E-state index contributed by atoms with van der Waals surface area (Å²) in [5.41, 5.74) is 0.945. The summed E-state index contributed by atoms with van der Waals surface area (Å²) in [6.07, 6.45) is 2.31. The predicted molar refractivity (Wildman–Crippen MR) is 120 cm³/mol. The number of likely N-dealkylation sites (N-methyl/N-ethyl adjacent to an activating group) is 1. The molecule has 0 unspecified atom stereocenters. The molecule has 7 nitrogen and oxygen atoms in total. The number of piperidine rings is 1. The zero-order chi connectivity index (χ0) is 21.4. The van der Waals surface area contributed by atoms with E-state index < -0.39 is 0 Å². The highest BCUT2D eigenvalue weighted by Gasteiger charge is 2.44. The second kappa shape index (κ2) is 8.09. The van der Waals surface area contributed by atoms with Crippen LogP contribution in [0.2, 0.25) is 0 Å². The van der Waals surface area contributed by atoms with E-state index >= 15 is 0 Å². The van der Waals surface area contributed by atoms with Gasteiger partial charge in [0.2, 0.25) is 5.91 Å². The predicted octanol–water partition coefficient (Wildman–Crippen LogP) is 3.02. The van der Waals surface area contributed by atoms with Crippen LogP contribution in [-0.2, 0) is 23.3 Å². The number of amides is 1. The quantitative estimate of drug-likeness (QED) is 0.628. The molecule has 2 aliphatic rings. The van der Waals surface area contributed by atoms with Crippen molar-refractivity contribution in [2.24, 2.45) is 0 Å². The smallest absolute Gasteiger partial charge is 0.227 e. The molecule has 2 aromatic heterocycles. The number of rotatable bonds is 4. The third kappa shape index (κ3) is 3.74. The zero-order valence-electron chi connectivity index (χ0n) is 18.0. The number of hydrogen-bond donors (Lipinski definition) is 0. The zero-order valence-corrected chi connectivity index (χ0v) is 18.8. The number of benzene rings is 1. The molecule has 31 heavy (non-hydrogen) atoms. The number of fused-ring (bicyclic) bond motifs is 2. The van der Waals surface area contributed by atoms with Crippen molar-refractivity contribution in [1.82, 2.24) is 24.6 Å². The molecule has 0 aliphatic carbocycles. The maximum Gasteiger partial charge on any atom is 0.227 e. The molecule has 4 heterocycles. The van der Waals surface area contributed by atoms with Crippen molar-refractivity contribution in [3.05, 3.63) is 52.5 Å². The van der Waals surface area contributed by atoms with Gasteiger partial charge < -0.3 is 14.2 Å². The molecular weight excluding hydrogens is 410 g/mol. The molecule has 1 spiro atoms. The summed E-state index contributed by atoms with van der Waals surface area (Å²) in [6, 6.07) is 12.1. The van der Waals surface area contributed by atoms with Crippen LogP contribution in [0.5, 0.6) is 5.75 Å². The van der Waals surface area contributed by atoms with Crippen LogP contribution in [-0.4, -0.2) is 64.3 Å². The van der Waals surface area contributed by atoms with Gasteiger partial charge in [-0.05, 0) is 55.6 Å². The first-order valence-electron chi connectivity index (χ1n) is 10.7. The van der Waals surface area contributed by atoms with Gasteiger partial charge in [-0.3, -0.25) is 9.69 Å². The standard InChI is InChI=1S/C23H27N5O2S/c1-26-15-20-24-25-22(17-5-7-18(30-2)8-6-17)28(20)23(16-26)9-11-27(12-10-23)21(29)14-19-4-3-13-31-19/h3-8,13H,9-12,14-16H2,1-2H3. The molecule has 0 bridgehead atoms. The highest BCUT2D eigenvalue weighted by molar-refractivity contribution is 7.10. The van der Waals surface area contributed by atoms with Gasteiger partial charge in [-0.2, -0.15) is 0 Å². The second-order valence-corrected chi connectivity index (χ2v) is 9.57. The first kappa shape index (κ1) is 20.2. The minimum Gasteiger partial charge on any atom is -0.497 e. The van der Waals surface area contributed by atoms with E-state index in [0.29, 0.717) is 6.42 Å². The molecule has 1 aromatic carbocycles. The van der Waals surface area contributed by atoms with Crippen LogP contribution in [0.15, 0.2) is 41.8 Å². The van der Waals surface area contributed by atoms with Gasteiger partial charge in [-0.1, -0.05) is 6.07 Å². The Morgan fingerprint density at radius 1 is 1.16 bits per heavy atom. The van der Waals surface area contributed by atoms with Crippen LogP contribution < -0.4 is 4.74 Å².